The summed E-state index contributed by atoms with van der Waals surface area (Å²) in [4.78, 5) is 2.10. The van der Waals surface area contributed by atoms with Gasteiger partial charge < -0.3 is 15.4 Å². The van der Waals surface area contributed by atoms with Crippen molar-refractivity contribution in [1.82, 2.24) is 0 Å². The Balaban J connectivity index is 1.98. The van der Waals surface area contributed by atoms with E-state index >= 15 is 0 Å². The van der Waals surface area contributed by atoms with Crippen molar-refractivity contribution in [3.8, 4) is 11.5 Å². The maximum absolute atomic E-state index is 14.3. The van der Waals surface area contributed by atoms with E-state index in [1.165, 1.54) is 12.1 Å². The summed E-state index contributed by atoms with van der Waals surface area (Å²) in [5.74, 6) is -0.452. The second kappa shape index (κ2) is 5.46. The van der Waals surface area contributed by atoms with Gasteiger partial charge in [0.1, 0.15) is 5.82 Å². The van der Waals surface area contributed by atoms with Crippen LogP contribution in [0.2, 0.25) is 0 Å². The van der Waals surface area contributed by atoms with Crippen LogP contribution >= 0.6 is 15.9 Å². The Morgan fingerprint density at radius 1 is 1.22 bits per heavy atom. The fourth-order valence-corrected chi connectivity index (χ4v) is 3.83. The molecular weight excluding hydrogens is 366 g/mol. The Morgan fingerprint density at radius 3 is 2.87 bits per heavy atom. The molecule has 1 fully saturated rings. The minimum absolute atomic E-state index is 0.136. The van der Waals surface area contributed by atoms with Gasteiger partial charge in [0.15, 0.2) is 17.3 Å². The zero-order chi connectivity index (χ0) is 16.1. The lowest BCUT2D eigenvalue weighted by Gasteiger charge is -2.40. The van der Waals surface area contributed by atoms with Gasteiger partial charge in [0, 0.05) is 24.2 Å². The predicted octanol–water partition coefficient (Wildman–Crippen LogP) is 4.50. The van der Waals surface area contributed by atoms with E-state index < -0.39 is 11.6 Å². The average Bonchev–Trinajstić information content (AvgIpc) is 2.65. The van der Waals surface area contributed by atoms with E-state index in [0.29, 0.717) is 15.8 Å². The highest BCUT2D eigenvalue weighted by molar-refractivity contribution is 9.10. The Labute approximate surface area is 141 Å². The van der Waals surface area contributed by atoms with E-state index in [2.05, 4.69) is 20.8 Å². The molecule has 0 bridgehead atoms. The van der Waals surface area contributed by atoms with Gasteiger partial charge >= 0.3 is 0 Å². The SMILES string of the molecule is N[C@@H]1CCCN2c3cc(Br)c(F)cc3Oc3c(F)cccc3[C@H]12. The van der Waals surface area contributed by atoms with Crippen molar-refractivity contribution >= 4 is 21.6 Å². The smallest absolute Gasteiger partial charge is 0.168 e. The average molecular weight is 381 g/mol. The van der Waals surface area contributed by atoms with Crippen molar-refractivity contribution in [1.29, 1.82) is 0 Å². The minimum atomic E-state index is -0.462. The van der Waals surface area contributed by atoms with E-state index in [0.717, 1.165) is 25.1 Å². The molecule has 0 aliphatic carbocycles. The molecule has 2 aromatic rings. The molecule has 3 nitrogen and oxygen atoms in total. The number of rotatable bonds is 0. The summed E-state index contributed by atoms with van der Waals surface area (Å²) in [6.45, 7) is 0.767. The number of nitrogens with two attached hydrogens (primary N) is 1. The fraction of sp³-hybridized carbons (Fsp3) is 0.294. The molecule has 2 aromatic carbocycles. The number of benzene rings is 2. The normalized spacial score (nSPS) is 22.5. The van der Waals surface area contributed by atoms with Crippen LogP contribution < -0.4 is 15.4 Å². The van der Waals surface area contributed by atoms with E-state index in [1.54, 1.807) is 12.1 Å². The first-order chi connectivity index (χ1) is 11.1. The van der Waals surface area contributed by atoms with Crippen LogP contribution in [0.5, 0.6) is 11.5 Å². The fourth-order valence-electron chi connectivity index (χ4n) is 3.49. The maximum atomic E-state index is 14.3. The maximum Gasteiger partial charge on any atom is 0.168 e. The lowest BCUT2D eigenvalue weighted by molar-refractivity contribution is 0.402. The molecule has 0 aromatic heterocycles. The Bertz CT molecular complexity index is 783. The van der Waals surface area contributed by atoms with Gasteiger partial charge in [0.2, 0.25) is 0 Å². The van der Waals surface area contributed by atoms with Crippen LogP contribution in [0.4, 0.5) is 14.5 Å². The zero-order valence-electron chi connectivity index (χ0n) is 12.2. The van der Waals surface area contributed by atoms with Gasteiger partial charge in [-0.15, -0.1) is 0 Å². The first-order valence-corrected chi connectivity index (χ1v) is 8.33. The molecular formula is C17H15BrF2N2O. The number of fused-ring (bicyclic) bond motifs is 5. The number of anilines is 1. The van der Waals surface area contributed by atoms with E-state index in [9.17, 15) is 8.78 Å². The summed E-state index contributed by atoms with van der Waals surface area (Å²) < 4.78 is 34.4. The summed E-state index contributed by atoms with van der Waals surface area (Å²) in [6, 6.07) is 7.48. The second-order valence-electron chi connectivity index (χ2n) is 5.94. The molecule has 23 heavy (non-hydrogen) atoms. The van der Waals surface area contributed by atoms with Crippen LogP contribution in [0.25, 0.3) is 0 Å². The van der Waals surface area contributed by atoms with Gasteiger partial charge in [-0.1, -0.05) is 12.1 Å². The van der Waals surface area contributed by atoms with Crippen molar-refractivity contribution in [3.05, 3.63) is 52.0 Å². The molecule has 0 saturated carbocycles. The quantitative estimate of drug-likeness (QED) is 0.730. The van der Waals surface area contributed by atoms with Crippen LogP contribution in [0.15, 0.2) is 34.8 Å². The molecule has 0 spiro atoms. The molecule has 120 valence electrons. The Kier molecular flexibility index (Phi) is 3.54. The van der Waals surface area contributed by atoms with Gasteiger partial charge in [-0.3, -0.25) is 0 Å². The summed E-state index contributed by atoms with van der Waals surface area (Å²) in [5, 5.41) is 0. The molecule has 2 heterocycles. The van der Waals surface area contributed by atoms with Crippen molar-refractivity contribution in [2.45, 2.75) is 24.9 Å². The van der Waals surface area contributed by atoms with Crippen LogP contribution in [0.3, 0.4) is 0 Å². The van der Waals surface area contributed by atoms with Crippen LogP contribution in [-0.2, 0) is 0 Å². The molecule has 6 heteroatoms. The molecule has 2 atom stereocenters. The number of nitrogens with zero attached hydrogens (tertiary/aromatic N) is 1. The number of hydrogen-bond donors (Lipinski definition) is 1. The lowest BCUT2D eigenvalue weighted by atomic mass is 9.90. The molecule has 1 saturated heterocycles. The zero-order valence-corrected chi connectivity index (χ0v) is 13.8. The Hall–Kier alpha value is -1.66. The van der Waals surface area contributed by atoms with Gasteiger partial charge in [0.05, 0.1) is 16.2 Å². The highest BCUT2D eigenvalue weighted by atomic mass is 79.9. The molecule has 0 unspecified atom stereocenters. The third-order valence-electron chi connectivity index (χ3n) is 4.52. The number of ether oxygens (including phenoxy) is 1. The first kappa shape index (κ1) is 14.9. The largest absolute Gasteiger partial charge is 0.452 e. The summed E-state index contributed by atoms with van der Waals surface area (Å²) >= 11 is 3.22. The number of halogens is 3. The van der Waals surface area contributed by atoms with Gasteiger partial charge in [-0.2, -0.15) is 0 Å². The molecule has 0 amide bonds. The van der Waals surface area contributed by atoms with Crippen LogP contribution in [0, 0.1) is 11.6 Å². The number of para-hydroxylation sites is 1. The van der Waals surface area contributed by atoms with Gasteiger partial charge in [-0.25, -0.2) is 8.78 Å². The van der Waals surface area contributed by atoms with Crippen molar-refractivity contribution in [2.24, 2.45) is 5.73 Å². The van der Waals surface area contributed by atoms with Crippen LogP contribution in [0.1, 0.15) is 24.4 Å². The molecule has 2 aliphatic heterocycles. The van der Waals surface area contributed by atoms with Crippen molar-refractivity contribution in [3.63, 3.8) is 0 Å². The van der Waals surface area contributed by atoms with Gasteiger partial charge in [-0.05, 0) is 40.9 Å². The third-order valence-corrected chi connectivity index (χ3v) is 5.12. The monoisotopic (exact) mass is 380 g/mol. The van der Waals surface area contributed by atoms with Crippen molar-refractivity contribution in [2.75, 3.05) is 11.4 Å². The highest BCUT2D eigenvalue weighted by Gasteiger charge is 2.37. The highest BCUT2D eigenvalue weighted by Crippen LogP contribution is 2.49. The third kappa shape index (κ3) is 2.32. The predicted molar refractivity (Wildman–Crippen MR) is 87.9 cm³/mol. The number of hydrogen-bond acceptors (Lipinski definition) is 3. The first-order valence-electron chi connectivity index (χ1n) is 7.54. The summed E-state index contributed by atoms with van der Waals surface area (Å²) in [7, 11) is 0. The van der Waals surface area contributed by atoms with E-state index in [1.807, 2.05) is 6.07 Å². The molecule has 0 radical (unpaired) electrons. The molecule has 2 aliphatic rings. The van der Waals surface area contributed by atoms with Gasteiger partial charge in [0.25, 0.3) is 0 Å². The topological polar surface area (TPSA) is 38.5 Å². The summed E-state index contributed by atoms with van der Waals surface area (Å²) in [6.07, 6.45) is 1.78. The minimum Gasteiger partial charge on any atom is -0.452 e. The van der Waals surface area contributed by atoms with E-state index in [4.69, 9.17) is 10.5 Å². The standard InChI is InChI=1S/C17H15BrF2N2O/c18-10-7-14-15(8-12(10)20)23-17-9(3-1-4-11(17)19)16-13(21)5-2-6-22(14)16/h1,3-4,7-8,13,16H,2,5-6,21H2/t13-,16-/m1/s1. The van der Waals surface area contributed by atoms with Crippen molar-refractivity contribution < 1.29 is 13.5 Å². The lowest BCUT2D eigenvalue weighted by Crippen LogP contribution is -2.45. The second-order valence-corrected chi connectivity index (χ2v) is 6.79. The molecule has 4 rings (SSSR count). The van der Waals surface area contributed by atoms with E-state index in [-0.39, 0.29) is 17.8 Å². The van der Waals surface area contributed by atoms with Crippen LogP contribution in [-0.4, -0.2) is 12.6 Å². The molecule has 2 N–H and O–H groups in total. The Morgan fingerprint density at radius 2 is 2.04 bits per heavy atom. The number of piperidine rings is 1. The summed E-state index contributed by atoms with van der Waals surface area (Å²) in [5.41, 5.74) is 7.79.